The number of carbonyl (C=O) groups excluding carboxylic acids is 1. The van der Waals surface area contributed by atoms with Gasteiger partial charge >= 0.3 is 6.09 Å². The van der Waals surface area contributed by atoms with Crippen LogP contribution < -0.4 is 5.73 Å². The molecule has 0 saturated carbocycles. The van der Waals surface area contributed by atoms with E-state index in [1.807, 2.05) is 11.6 Å². The summed E-state index contributed by atoms with van der Waals surface area (Å²) in [4.78, 5) is 16.6. The van der Waals surface area contributed by atoms with Crippen molar-refractivity contribution in [2.24, 2.45) is 12.8 Å². The predicted octanol–water partition coefficient (Wildman–Crippen LogP) is 3.91. The van der Waals surface area contributed by atoms with Crippen LogP contribution in [-0.4, -0.2) is 15.6 Å². The highest BCUT2D eigenvalue weighted by Crippen LogP contribution is 2.34. The zero-order valence-electron chi connectivity index (χ0n) is 14.2. The van der Waals surface area contributed by atoms with E-state index in [9.17, 15) is 4.79 Å². The van der Waals surface area contributed by atoms with Gasteiger partial charge in [-0.25, -0.2) is 9.78 Å². The van der Waals surface area contributed by atoms with Gasteiger partial charge in [-0.3, -0.25) is 0 Å². The molecule has 0 saturated heterocycles. The number of ether oxygens (including phenoxy) is 1. The van der Waals surface area contributed by atoms with Gasteiger partial charge in [0.05, 0.1) is 5.69 Å². The van der Waals surface area contributed by atoms with Gasteiger partial charge in [0.1, 0.15) is 10.9 Å². The minimum absolute atomic E-state index is 0.0823. The average molecular weight is 333 g/mol. The summed E-state index contributed by atoms with van der Waals surface area (Å²) in [5.74, 6) is 1.00. The second-order valence-corrected chi connectivity index (χ2v) is 7.03. The second kappa shape index (κ2) is 7.08. The van der Waals surface area contributed by atoms with E-state index in [2.05, 4.69) is 50.9 Å². The SMILES string of the molecule is Cc1cc(C)cc(Sc2nc(COC(N)=O)n(C)c2C(C)C)c1. The molecule has 0 bridgehead atoms. The topological polar surface area (TPSA) is 70.1 Å². The first kappa shape index (κ1) is 17.4. The standard InChI is InChI=1S/C17H23N3O2S/c1-10(2)15-16(19-14(20(15)5)9-22-17(18)21)23-13-7-11(3)6-12(4)8-13/h6-8,10H,9H2,1-5H3,(H2,18,21). The van der Waals surface area contributed by atoms with Gasteiger partial charge in [-0.05, 0) is 43.0 Å². The van der Waals surface area contributed by atoms with Crippen LogP contribution in [0, 0.1) is 13.8 Å². The Kier molecular flexibility index (Phi) is 5.36. The molecule has 124 valence electrons. The Hall–Kier alpha value is -1.95. The molecule has 2 aromatic rings. The quantitative estimate of drug-likeness (QED) is 0.900. The van der Waals surface area contributed by atoms with Gasteiger partial charge < -0.3 is 15.0 Å². The molecule has 5 nitrogen and oxygen atoms in total. The molecule has 2 N–H and O–H groups in total. The number of hydrogen-bond donors (Lipinski definition) is 1. The molecule has 6 heteroatoms. The van der Waals surface area contributed by atoms with Gasteiger partial charge in [0, 0.05) is 11.9 Å². The van der Waals surface area contributed by atoms with Crippen molar-refractivity contribution in [3.05, 3.63) is 40.8 Å². The van der Waals surface area contributed by atoms with Crippen molar-refractivity contribution in [1.29, 1.82) is 0 Å². The third-order valence-corrected chi connectivity index (χ3v) is 4.46. The Morgan fingerprint density at radius 2 is 1.91 bits per heavy atom. The number of amides is 1. The fourth-order valence-electron chi connectivity index (χ4n) is 2.61. The molecule has 0 fully saturated rings. The first-order valence-corrected chi connectivity index (χ1v) is 8.33. The monoisotopic (exact) mass is 333 g/mol. The summed E-state index contributed by atoms with van der Waals surface area (Å²) < 4.78 is 6.88. The van der Waals surface area contributed by atoms with Gasteiger partial charge in [0.2, 0.25) is 0 Å². The smallest absolute Gasteiger partial charge is 0.404 e. The number of nitrogens with two attached hydrogens (primary N) is 1. The first-order valence-electron chi connectivity index (χ1n) is 7.51. The van der Waals surface area contributed by atoms with E-state index in [-0.39, 0.29) is 6.61 Å². The minimum Gasteiger partial charge on any atom is -0.442 e. The zero-order chi connectivity index (χ0) is 17.1. The summed E-state index contributed by atoms with van der Waals surface area (Å²) >= 11 is 1.64. The maximum Gasteiger partial charge on any atom is 0.404 e. The van der Waals surface area contributed by atoms with E-state index >= 15 is 0 Å². The number of primary amides is 1. The van der Waals surface area contributed by atoms with Gasteiger partial charge in [0.25, 0.3) is 0 Å². The molecule has 1 aromatic carbocycles. The molecule has 1 amide bonds. The van der Waals surface area contributed by atoms with Crippen LogP contribution in [-0.2, 0) is 18.4 Å². The van der Waals surface area contributed by atoms with Gasteiger partial charge in [0.15, 0.2) is 6.61 Å². The zero-order valence-corrected chi connectivity index (χ0v) is 15.0. The van der Waals surface area contributed by atoms with Crippen LogP contribution in [0.4, 0.5) is 4.79 Å². The maximum atomic E-state index is 10.8. The number of rotatable bonds is 5. The molecule has 0 atom stereocenters. The highest BCUT2D eigenvalue weighted by atomic mass is 32.2. The van der Waals surface area contributed by atoms with Gasteiger partial charge in [-0.2, -0.15) is 0 Å². The Morgan fingerprint density at radius 3 is 2.43 bits per heavy atom. The van der Waals surface area contributed by atoms with Gasteiger partial charge in [-0.1, -0.05) is 31.7 Å². The second-order valence-electron chi connectivity index (χ2n) is 5.97. The first-order chi connectivity index (χ1) is 10.8. The summed E-state index contributed by atoms with van der Waals surface area (Å²) in [5, 5.41) is 0.940. The van der Waals surface area contributed by atoms with E-state index in [0.29, 0.717) is 11.7 Å². The van der Waals surface area contributed by atoms with Gasteiger partial charge in [-0.15, -0.1) is 0 Å². The fourth-order valence-corrected chi connectivity index (χ4v) is 3.95. The van der Waals surface area contributed by atoms with Crippen LogP contribution in [0.2, 0.25) is 0 Å². The lowest BCUT2D eigenvalue weighted by molar-refractivity contribution is 0.146. The molecule has 1 heterocycles. The Labute approximate surface area is 141 Å². The number of hydrogen-bond acceptors (Lipinski definition) is 4. The minimum atomic E-state index is -0.789. The van der Waals surface area contributed by atoms with Crippen LogP contribution in [0.5, 0.6) is 0 Å². The van der Waals surface area contributed by atoms with E-state index < -0.39 is 6.09 Å². The molecular weight excluding hydrogens is 310 g/mol. The van der Waals surface area contributed by atoms with Crippen LogP contribution in [0.25, 0.3) is 0 Å². The number of imidazole rings is 1. The third-order valence-electron chi connectivity index (χ3n) is 3.50. The van der Waals surface area contributed by atoms with Crippen LogP contribution in [0.1, 0.15) is 42.4 Å². The predicted molar refractivity (Wildman–Crippen MR) is 91.7 cm³/mol. The average Bonchev–Trinajstić information content (AvgIpc) is 2.71. The number of carbonyl (C=O) groups is 1. The lowest BCUT2D eigenvalue weighted by atomic mass is 10.1. The molecule has 0 aliphatic rings. The Bertz CT molecular complexity index is 703. The molecule has 0 spiro atoms. The summed E-state index contributed by atoms with van der Waals surface area (Å²) in [6.45, 7) is 8.51. The fraction of sp³-hybridized carbons (Fsp3) is 0.412. The van der Waals surface area contributed by atoms with E-state index in [1.54, 1.807) is 11.8 Å². The summed E-state index contributed by atoms with van der Waals surface area (Å²) in [5.41, 5.74) is 8.63. The van der Waals surface area contributed by atoms with Crippen molar-refractivity contribution in [2.75, 3.05) is 0 Å². The van der Waals surface area contributed by atoms with Crippen LogP contribution in [0.3, 0.4) is 0 Å². The van der Waals surface area contributed by atoms with E-state index in [1.165, 1.54) is 11.1 Å². The van der Waals surface area contributed by atoms with Crippen molar-refractivity contribution >= 4 is 17.9 Å². The highest BCUT2D eigenvalue weighted by molar-refractivity contribution is 7.99. The van der Waals surface area contributed by atoms with Crippen molar-refractivity contribution in [3.63, 3.8) is 0 Å². The number of benzene rings is 1. The normalized spacial score (nSPS) is 11.0. The molecule has 0 radical (unpaired) electrons. The van der Waals surface area contributed by atoms with Crippen molar-refractivity contribution in [3.8, 4) is 0 Å². The number of aryl methyl sites for hydroxylation is 2. The van der Waals surface area contributed by atoms with Crippen LogP contribution in [0.15, 0.2) is 28.1 Å². The molecular formula is C17H23N3O2S. The lowest BCUT2D eigenvalue weighted by Crippen LogP contribution is -2.14. The van der Waals surface area contributed by atoms with Crippen molar-refractivity contribution < 1.29 is 9.53 Å². The maximum absolute atomic E-state index is 10.8. The highest BCUT2D eigenvalue weighted by Gasteiger charge is 2.19. The largest absolute Gasteiger partial charge is 0.442 e. The molecule has 23 heavy (non-hydrogen) atoms. The van der Waals surface area contributed by atoms with Crippen molar-refractivity contribution in [1.82, 2.24) is 9.55 Å². The molecule has 0 aliphatic heterocycles. The summed E-state index contributed by atoms with van der Waals surface area (Å²) in [7, 11) is 1.94. The number of nitrogens with zero attached hydrogens (tertiary/aromatic N) is 2. The summed E-state index contributed by atoms with van der Waals surface area (Å²) in [6.07, 6.45) is -0.789. The molecule has 0 unspecified atom stereocenters. The van der Waals surface area contributed by atoms with Crippen molar-refractivity contribution in [2.45, 2.75) is 50.1 Å². The molecule has 0 aliphatic carbocycles. The Balaban J connectivity index is 2.36. The van der Waals surface area contributed by atoms with E-state index in [4.69, 9.17) is 10.5 Å². The molecule has 2 rings (SSSR count). The van der Waals surface area contributed by atoms with Crippen LogP contribution >= 0.6 is 11.8 Å². The molecule has 1 aromatic heterocycles. The van der Waals surface area contributed by atoms with E-state index in [0.717, 1.165) is 15.6 Å². The Morgan fingerprint density at radius 1 is 1.30 bits per heavy atom. The third kappa shape index (κ3) is 4.28. The summed E-state index contributed by atoms with van der Waals surface area (Å²) in [6, 6.07) is 6.45. The lowest BCUT2D eigenvalue weighted by Gasteiger charge is -2.11. The number of aromatic nitrogens is 2.